The lowest BCUT2D eigenvalue weighted by Gasteiger charge is -2.31. The molecule has 24 heavy (non-hydrogen) atoms. The first-order valence-corrected chi connectivity index (χ1v) is 7.92. The number of pyridine rings is 1. The van der Waals surface area contributed by atoms with Crippen LogP contribution in [0.5, 0.6) is 5.75 Å². The Hall–Kier alpha value is -1.83. The molecule has 1 aromatic carbocycles. The number of hydrogen-bond donors (Lipinski definition) is 1. The molecule has 0 spiro atoms. The molecule has 0 radical (unpaired) electrons. The van der Waals surface area contributed by atoms with E-state index < -0.39 is 0 Å². The van der Waals surface area contributed by atoms with Crippen LogP contribution in [0.2, 0.25) is 0 Å². The highest BCUT2D eigenvalue weighted by atomic mass is 127. The first-order valence-electron chi connectivity index (χ1n) is 7.92. The first-order chi connectivity index (χ1) is 11.4. The van der Waals surface area contributed by atoms with E-state index in [1.807, 2.05) is 19.2 Å². The molecule has 0 atom stereocenters. The Balaban J connectivity index is 0.00000208. The van der Waals surface area contributed by atoms with E-state index in [4.69, 9.17) is 4.74 Å². The molecule has 2 heterocycles. The van der Waals surface area contributed by atoms with E-state index in [1.165, 1.54) is 11.1 Å². The van der Waals surface area contributed by atoms with Gasteiger partial charge in [-0.3, -0.25) is 9.98 Å². The standard InChI is InChI=1S/C18H22N4O.HI/c1-19-18(21-10-12-23-17-7-4-9-20-13-17)22-11-8-15-5-2-3-6-16(15)14-22;/h2-7,9,13H,8,10-12,14H2,1H3,(H,19,21);1H. The van der Waals surface area contributed by atoms with Gasteiger partial charge in [0.2, 0.25) is 0 Å². The second-order valence-electron chi connectivity index (χ2n) is 5.45. The third kappa shape index (κ3) is 4.83. The normalized spacial score (nSPS) is 13.7. The van der Waals surface area contributed by atoms with Gasteiger partial charge in [-0.15, -0.1) is 24.0 Å². The zero-order valence-electron chi connectivity index (χ0n) is 13.8. The molecule has 1 aliphatic heterocycles. The van der Waals surface area contributed by atoms with E-state index in [1.54, 1.807) is 12.4 Å². The summed E-state index contributed by atoms with van der Waals surface area (Å²) in [5.74, 6) is 1.71. The minimum Gasteiger partial charge on any atom is -0.490 e. The summed E-state index contributed by atoms with van der Waals surface area (Å²) < 4.78 is 5.65. The van der Waals surface area contributed by atoms with Gasteiger partial charge in [-0.1, -0.05) is 24.3 Å². The van der Waals surface area contributed by atoms with Crippen molar-refractivity contribution in [1.29, 1.82) is 0 Å². The van der Waals surface area contributed by atoms with Crippen molar-refractivity contribution in [2.75, 3.05) is 26.7 Å². The van der Waals surface area contributed by atoms with Crippen molar-refractivity contribution >= 4 is 29.9 Å². The molecule has 0 saturated heterocycles. The Morgan fingerprint density at radius 3 is 2.83 bits per heavy atom. The molecule has 2 aromatic rings. The molecule has 0 aliphatic carbocycles. The topological polar surface area (TPSA) is 49.8 Å². The van der Waals surface area contributed by atoms with Gasteiger partial charge in [0.15, 0.2) is 5.96 Å². The van der Waals surface area contributed by atoms with Gasteiger partial charge in [-0.05, 0) is 29.7 Å². The fraction of sp³-hybridized carbons (Fsp3) is 0.333. The Morgan fingerprint density at radius 1 is 1.25 bits per heavy atom. The van der Waals surface area contributed by atoms with E-state index in [0.29, 0.717) is 13.2 Å². The fourth-order valence-electron chi connectivity index (χ4n) is 2.77. The predicted molar refractivity (Wildman–Crippen MR) is 107 cm³/mol. The number of ether oxygens (including phenoxy) is 1. The summed E-state index contributed by atoms with van der Waals surface area (Å²) in [5, 5.41) is 3.37. The van der Waals surface area contributed by atoms with Crippen LogP contribution in [0, 0.1) is 0 Å². The van der Waals surface area contributed by atoms with Crippen molar-refractivity contribution in [3.8, 4) is 5.75 Å². The molecule has 5 nitrogen and oxygen atoms in total. The zero-order chi connectivity index (χ0) is 15.9. The highest BCUT2D eigenvalue weighted by Crippen LogP contribution is 2.18. The maximum atomic E-state index is 5.65. The van der Waals surface area contributed by atoms with Crippen LogP contribution in [0.1, 0.15) is 11.1 Å². The van der Waals surface area contributed by atoms with E-state index in [-0.39, 0.29) is 24.0 Å². The fourth-order valence-corrected chi connectivity index (χ4v) is 2.77. The predicted octanol–water partition coefficient (Wildman–Crippen LogP) is 2.71. The van der Waals surface area contributed by atoms with Crippen LogP contribution in [-0.4, -0.2) is 42.6 Å². The second-order valence-corrected chi connectivity index (χ2v) is 5.45. The number of aromatic nitrogens is 1. The van der Waals surface area contributed by atoms with Crippen molar-refractivity contribution < 1.29 is 4.74 Å². The summed E-state index contributed by atoms with van der Waals surface area (Å²) >= 11 is 0. The van der Waals surface area contributed by atoms with E-state index >= 15 is 0 Å². The molecule has 0 amide bonds. The van der Waals surface area contributed by atoms with Gasteiger partial charge in [0, 0.05) is 26.3 Å². The van der Waals surface area contributed by atoms with Crippen LogP contribution in [-0.2, 0) is 13.0 Å². The van der Waals surface area contributed by atoms with Crippen LogP contribution in [0.15, 0.2) is 53.8 Å². The number of nitrogens with zero attached hydrogens (tertiary/aromatic N) is 3. The minimum absolute atomic E-state index is 0. The Kier molecular flexibility index (Phi) is 7.30. The Bertz CT molecular complexity index is 663. The SMILES string of the molecule is CN=C(NCCOc1cccnc1)N1CCc2ccccc2C1.I. The maximum absolute atomic E-state index is 5.65. The quantitative estimate of drug-likeness (QED) is 0.345. The molecule has 0 saturated carbocycles. The van der Waals surface area contributed by atoms with Gasteiger partial charge in [0.05, 0.1) is 12.7 Å². The van der Waals surface area contributed by atoms with Gasteiger partial charge >= 0.3 is 0 Å². The molecule has 1 N–H and O–H groups in total. The molecule has 0 unspecified atom stereocenters. The number of rotatable bonds is 4. The van der Waals surface area contributed by atoms with Crippen LogP contribution in [0.3, 0.4) is 0 Å². The average Bonchev–Trinajstić information content (AvgIpc) is 2.62. The van der Waals surface area contributed by atoms with Crippen LogP contribution in [0.25, 0.3) is 0 Å². The Labute approximate surface area is 160 Å². The number of fused-ring (bicyclic) bond motifs is 1. The van der Waals surface area contributed by atoms with Crippen LogP contribution >= 0.6 is 24.0 Å². The van der Waals surface area contributed by atoms with Gasteiger partial charge in [0.25, 0.3) is 0 Å². The van der Waals surface area contributed by atoms with Crippen LogP contribution < -0.4 is 10.1 Å². The summed E-state index contributed by atoms with van der Waals surface area (Å²) in [5.41, 5.74) is 2.83. The monoisotopic (exact) mass is 438 g/mol. The lowest BCUT2D eigenvalue weighted by Crippen LogP contribution is -2.45. The van der Waals surface area contributed by atoms with Crippen molar-refractivity contribution in [2.45, 2.75) is 13.0 Å². The maximum Gasteiger partial charge on any atom is 0.194 e. The third-order valence-electron chi connectivity index (χ3n) is 3.93. The molecular formula is C18H23IN4O. The van der Waals surface area contributed by atoms with E-state index in [2.05, 4.69) is 44.5 Å². The second kappa shape index (κ2) is 9.46. The minimum atomic E-state index is 0. The lowest BCUT2D eigenvalue weighted by molar-refractivity contribution is 0.314. The summed E-state index contributed by atoms with van der Waals surface area (Å²) in [4.78, 5) is 10.7. The Morgan fingerprint density at radius 2 is 2.08 bits per heavy atom. The molecule has 6 heteroatoms. The summed E-state index contributed by atoms with van der Waals surface area (Å²) in [6, 6.07) is 12.4. The molecule has 128 valence electrons. The largest absolute Gasteiger partial charge is 0.490 e. The molecule has 1 aromatic heterocycles. The van der Waals surface area contributed by atoms with Crippen molar-refractivity contribution in [3.05, 3.63) is 59.9 Å². The summed E-state index contributed by atoms with van der Waals surface area (Å²) in [6.07, 6.45) is 4.51. The lowest BCUT2D eigenvalue weighted by atomic mass is 10.0. The number of halogens is 1. The molecule has 3 rings (SSSR count). The van der Waals surface area contributed by atoms with Gasteiger partial charge in [-0.25, -0.2) is 0 Å². The van der Waals surface area contributed by atoms with Gasteiger partial charge in [0.1, 0.15) is 12.4 Å². The summed E-state index contributed by atoms with van der Waals surface area (Å²) in [7, 11) is 1.82. The molecule has 0 fully saturated rings. The molecule has 1 aliphatic rings. The van der Waals surface area contributed by atoms with Gasteiger partial charge < -0.3 is 15.0 Å². The first kappa shape index (κ1) is 18.5. The number of aliphatic imine (C=N–C) groups is 1. The number of nitrogens with one attached hydrogen (secondary N) is 1. The summed E-state index contributed by atoms with van der Waals surface area (Å²) in [6.45, 7) is 3.17. The zero-order valence-corrected chi connectivity index (χ0v) is 16.1. The third-order valence-corrected chi connectivity index (χ3v) is 3.93. The van der Waals surface area contributed by atoms with Crippen molar-refractivity contribution in [1.82, 2.24) is 15.2 Å². The van der Waals surface area contributed by atoms with E-state index in [0.717, 1.165) is 31.2 Å². The highest BCUT2D eigenvalue weighted by Gasteiger charge is 2.18. The number of benzene rings is 1. The average molecular weight is 438 g/mol. The van der Waals surface area contributed by atoms with Gasteiger partial charge in [-0.2, -0.15) is 0 Å². The number of guanidine groups is 1. The van der Waals surface area contributed by atoms with Crippen molar-refractivity contribution in [2.24, 2.45) is 4.99 Å². The highest BCUT2D eigenvalue weighted by molar-refractivity contribution is 14.0. The van der Waals surface area contributed by atoms with Crippen molar-refractivity contribution in [3.63, 3.8) is 0 Å². The van der Waals surface area contributed by atoms with Crippen LogP contribution in [0.4, 0.5) is 0 Å². The van der Waals surface area contributed by atoms with E-state index in [9.17, 15) is 0 Å². The molecule has 0 bridgehead atoms. The number of hydrogen-bond acceptors (Lipinski definition) is 3. The molecular weight excluding hydrogens is 415 g/mol. The smallest absolute Gasteiger partial charge is 0.194 e.